The molecule has 1 aromatic heterocycles. The largest absolute Gasteiger partial charge is 0.497 e. The third-order valence-corrected chi connectivity index (χ3v) is 4.41. The summed E-state index contributed by atoms with van der Waals surface area (Å²) in [4.78, 5) is 17.1. The minimum absolute atomic E-state index is 0.0374. The number of hydrogen-bond donors (Lipinski definition) is 2. The maximum atomic E-state index is 12.8. The normalized spacial score (nSPS) is 11.4. The van der Waals surface area contributed by atoms with E-state index in [9.17, 15) is 4.79 Å². The molecule has 3 N–H and O–H groups in total. The summed E-state index contributed by atoms with van der Waals surface area (Å²) in [5, 5.41) is 6.64. The maximum Gasteiger partial charge on any atom is 0.263 e. The Labute approximate surface area is 169 Å². The van der Waals surface area contributed by atoms with Crippen molar-refractivity contribution in [3.8, 4) is 17.0 Å². The number of nitrogens with one attached hydrogen (secondary N) is 1. The predicted molar refractivity (Wildman–Crippen MR) is 112 cm³/mol. The Hall–Kier alpha value is -3.61. The number of aromatic nitrogens is 1. The number of guanidine groups is 1. The van der Waals surface area contributed by atoms with Gasteiger partial charge in [-0.15, -0.1) is 0 Å². The molecular weight excluding hydrogens is 368 g/mol. The highest BCUT2D eigenvalue weighted by Gasteiger charge is 2.22. The fourth-order valence-electron chi connectivity index (χ4n) is 3.14. The molecule has 29 heavy (non-hydrogen) atoms. The van der Waals surface area contributed by atoms with Gasteiger partial charge in [-0.3, -0.25) is 10.1 Å². The third kappa shape index (κ3) is 4.82. The van der Waals surface area contributed by atoms with E-state index in [0.29, 0.717) is 29.3 Å². The minimum Gasteiger partial charge on any atom is -0.497 e. The zero-order chi connectivity index (χ0) is 21.0. The van der Waals surface area contributed by atoms with E-state index in [4.69, 9.17) is 15.0 Å². The Morgan fingerprint density at radius 3 is 2.41 bits per heavy atom. The van der Waals surface area contributed by atoms with Crippen LogP contribution in [0.2, 0.25) is 0 Å². The van der Waals surface area contributed by atoms with Crippen molar-refractivity contribution in [1.82, 2.24) is 10.5 Å². The molecular formula is C22H24N4O3. The average Bonchev–Trinajstić information content (AvgIpc) is 3.07. The van der Waals surface area contributed by atoms with Gasteiger partial charge in [0.05, 0.1) is 13.7 Å². The molecule has 3 aromatic rings. The number of nitrogens with two attached hydrogens (primary N) is 1. The van der Waals surface area contributed by atoms with E-state index in [1.54, 1.807) is 26.2 Å². The molecule has 7 heteroatoms. The second kappa shape index (κ2) is 8.60. The number of methoxy groups -OCH3 is 1. The van der Waals surface area contributed by atoms with Crippen molar-refractivity contribution in [2.75, 3.05) is 7.11 Å². The fourth-order valence-corrected chi connectivity index (χ4v) is 3.14. The Kier molecular flexibility index (Phi) is 5.97. The number of carbonyl (C=O) groups excluding carboxylic acids is 1. The quantitative estimate of drug-likeness (QED) is 0.511. The van der Waals surface area contributed by atoms with Crippen LogP contribution < -0.4 is 15.8 Å². The summed E-state index contributed by atoms with van der Waals surface area (Å²) in [6.07, 6.45) is 0. The molecule has 0 aliphatic carbocycles. The van der Waals surface area contributed by atoms with Gasteiger partial charge in [-0.2, -0.15) is 0 Å². The molecule has 1 heterocycles. The number of carbonyl (C=O) groups is 1. The molecule has 0 saturated carbocycles. The molecule has 0 unspecified atom stereocenters. The van der Waals surface area contributed by atoms with Gasteiger partial charge in [0.15, 0.2) is 5.96 Å². The second-order valence-electron chi connectivity index (χ2n) is 6.84. The fraction of sp³-hybridized carbons (Fsp3) is 0.227. The molecule has 2 aromatic carbocycles. The first kappa shape index (κ1) is 20.1. The number of amides is 1. The van der Waals surface area contributed by atoms with Crippen molar-refractivity contribution in [2.24, 2.45) is 10.7 Å². The number of aryl methyl sites for hydroxylation is 3. The van der Waals surface area contributed by atoms with Crippen LogP contribution in [0.5, 0.6) is 5.75 Å². The van der Waals surface area contributed by atoms with Crippen molar-refractivity contribution < 1.29 is 14.1 Å². The van der Waals surface area contributed by atoms with Gasteiger partial charge in [-0.05, 0) is 50.6 Å². The van der Waals surface area contributed by atoms with Gasteiger partial charge in [-0.1, -0.05) is 34.5 Å². The third-order valence-electron chi connectivity index (χ3n) is 4.41. The SMILES string of the molecule is COc1ccc(-c2noc(C)c2C(=O)NC(N)=NCc2cc(C)cc(C)c2)cc1. The first-order chi connectivity index (χ1) is 13.9. The molecule has 0 aliphatic heterocycles. The van der Waals surface area contributed by atoms with Crippen LogP contribution in [-0.2, 0) is 6.54 Å². The first-order valence-corrected chi connectivity index (χ1v) is 9.16. The van der Waals surface area contributed by atoms with Crippen LogP contribution in [0.4, 0.5) is 0 Å². The zero-order valence-corrected chi connectivity index (χ0v) is 16.9. The number of rotatable bonds is 5. The van der Waals surface area contributed by atoms with E-state index in [1.807, 2.05) is 38.1 Å². The number of benzene rings is 2. The lowest BCUT2D eigenvalue weighted by Gasteiger charge is -2.07. The lowest BCUT2D eigenvalue weighted by atomic mass is 10.1. The monoisotopic (exact) mass is 392 g/mol. The molecule has 150 valence electrons. The van der Waals surface area contributed by atoms with Crippen LogP contribution >= 0.6 is 0 Å². The highest BCUT2D eigenvalue weighted by Crippen LogP contribution is 2.26. The number of aliphatic imine (C=N–C) groups is 1. The van der Waals surface area contributed by atoms with E-state index < -0.39 is 5.91 Å². The van der Waals surface area contributed by atoms with Crippen LogP contribution in [0, 0.1) is 20.8 Å². The molecule has 0 fully saturated rings. The standard InChI is InChI=1S/C22H24N4O3/c1-13-9-14(2)11-16(10-13)12-24-22(23)25-21(27)19-15(3)29-26-20(19)17-5-7-18(28-4)8-6-17/h5-11H,12H2,1-4H3,(H3,23,24,25,27). The average molecular weight is 392 g/mol. The Balaban J connectivity index is 1.77. The number of ether oxygens (including phenoxy) is 1. The maximum absolute atomic E-state index is 12.8. The number of nitrogens with zero attached hydrogens (tertiary/aromatic N) is 2. The molecule has 0 radical (unpaired) electrons. The summed E-state index contributed by atoms with van der Waals surface area (Å²) in [5.41, 5.74) is 10.8. The lowest BCUT2D eigenvalue weighted by Crippen LogP contribution is -2.37. The first-order valence-electron chi connectivity index (χ1n) is 9.16. The van der Waals surface area contributed by atoms with Gasteiger partial charge in [0.25, 0.3) is 5.91 Å². The summed E-state index contributed by atoms with van der Waals surface area (Å²) >= 11 is 0. The molecule has 0 saturated heterocycles. The van der Waals surface area contributed by atoms with Gasteiger partial charge < -0.3 is 15.0 Å². The van der Waals surface area contributed by atoms with E-state index in [-0.39, 0.29) is 5.96 Å². The predicted octanol–water partition coefficient (Wildman–Crippen LogP) is 3.52. The van der Waals surface area contributed by atoms with E-state index in [2.05, 4.69) is 21.5 Å². The minimum atomic E-state index is -0.420. The molecule has 0 atom stereocenters. The van der Waals surface area contributed by atoms with Gasteiger partial charge >= 0.3 is 0 Å². The van der Waals surface area contributed by atoms with Crippen LogP contribution in [0.25, 0.3) is 11.3 Å². The Bertz CT molecular complexity index is 1030. The van der Waals surface area contributed by atoms with Crippen molar-refractivity contribution in [3.63, 3.8) is 0 Å². The summed E-state index contributed by atoms with van der Waals surface area (Å²) in [6, 6.07) is 13.4. The van der Waals surface area contributed by atoms with Crippen LogP contribution in [0.15, 0.2) is 52.0 Å². The molecule has 3 rings (SSSR count). The van der Waals surface area contributed by atoms with Gasteiger partial charge in [0.2, 0.25) is 0 Å². The van der Waals surface area contributed by atoms with Gasteiger partial charge in [0, 0.05) is 5.56 Å². The van der Waals surface area contributed by atoms with Crippen molar-refractivity contribution >= 4 is 11.9 Å². The van der Waals surface area contributed by atoms with Gasteiger partial charge in [-0.25, -0.2) is 4.99 Å². The Morgan fingerprint density at radius 1 is 1.14 bits per heavy atom. The summed E-state index contributed by atoms with van der Waals surface area (Å²) < 4.78 is 10.4. The summed E-state index contributed by atoms with van der Waals surface area (Å²) in [7, 11) is 1.59. The molecule has 0 bridgehead atoms. The highest BCUT2D eigenvalue weighted by molar-refractivity contribution is 6.08. The number of hydrogen-bond acceptors (Lipinski definition) is 5. The van der Waals surface area contributed by atoms with Crippen molar-refractivity contribution in [2.45, 2.75) is 27.3 Å². The van der Waals surface area contributed by atoms with Gasteiger partial charge in [0.1, 0.15) is 22.8 Å². The van der Waals surface area contributed by atoms with Crippen LogP contribution in [-0.4, -0.2) is 24.1 Å². The summed E-state index contributed by atoms with van der Waals surface area (Å²) in [6.45, 7) is 6.11. The van der Waals surface area contributed by atoms with E-state index in [0.717, 1.165) is 22.3 Å². The topological polar surface area (TPSA) is 103 Å². The van der Waals surface area contributed by atoms with Crippen LogP contribution in [0.3, 0.4) is 0 Å². The second-order valence-corrected chi connectivity index (χ2v) is 6.84. The summed E-state index contributed by atoms with van der Waals surface area (Å²) in [5.74, 6) is 0.727. The lowest BCUT2D eigenvalue weighted by molar-refractivity contribution is 0.0975. The van der Waals surface area contributed by atoms with Crippen LogP contribution in [0.1, 0.15) is 32.8 Å². The molecule has 7 nitrogen and oxygen atoms in total. The molecule has 0 aliphatic rings. The smallest absolute Gasteiger partial charge is 0.263 e. The molecule has 0 spiro atoms. The van der Waals surface area contributed by atoms with E-state index >= 15 is 0 Å². The molecule has 1 amide bonds. The highest BCUT2D eigenvalue weighted by atomic mass is 16.5. The van der Waals surface area contributed by atoms with E-state index in [1.165, 1.54) is 0 Å². The Morgan fingerprint density at radius 2 is 1.79 bits per heavy atom. The zero-order valence-electron chi connectivity index (χ0n) is 16.9. The van der Waals surface area contributed by atoms with Crippen molar-refractivity contribution in [1.29, 1.82) is 0 Å². The van der Waals surface area contributed by atoms with Crippen molar-refractivity contribution in [3.05, 3.63) is 70.5 Å².